The summed E-state index contributed by atoms with van der Waals surface area (Å²) in [6.07, 6.45) is 0.631. The maximum absolute atomic E-state index is 9.05. The van der Waals surface area contributed by atoms with E-state index in [4.69, 9.17) is 15.4 Å². The van der Waals surface area contributed by atoms with Crippen LogP contribution in [-0.4, -0.2) is 22.9 Å². The minimum Gasteiger partial charge on any atom is -0.395 e. The highest BCUT2D eigenvalue weighted by molar-refractivity contribution is 5.91. The van der Waals surface area contributed by atoms with Gasteiger partial charge in [-0.25, -0.2) is 0 Å². The summed E-state index contributed by atoms with van der Waals surface area (Å²) < 4.78 is 5.46. The molecule has 0 saturated heterocycles. The van der Waals surface area contributed by atoms with Gasteiger partial charge in [-0.2, -0.15) is 0 Å². The first kappa shape index (κ1) is 12.8. The van der Waals surface area contributed by atoms with Crippen LogP contribution in [0.3, 0.4) is 0 Å². The van der Waals surface area contributed by atoms with Crippen LogP contribution >= 0.6 is 0 Å². The molecule has 1 heterocycles. The van der Waals surface area contributed by atoms with Crippen LogP contribution in [0.25, 0.3) is 22.2 Å². The molecule has 1 atom stereocenters. The highest BCUT2D eigenvalue weighted by Crippen LogP contribution is 2.29. The summed E-state index contributed by atoms with van der Waals surface area (Å²) >= 11 is 0. The Hall–Kier alpha value is -2.17. The number of nitrogens with two attached hydrogens (primary N) is 1. The first-order chi connectivity index (χ1) is 9.78. The van der Waals surface area contributed by atoms with E-state index in [1.807, 2.05) is 48.5 Å². The van der Waals surface area contributed by atoms with Gasteiger partial charge in [0, 0.05) is 17.0 Å². The molecule has 0 amide bonds. The van der Waals surface area contributed by atoms with Crippen LogP contribution in [0.15, 0.2) is 53.1 Å². The van der Waals surface area contributed by atoms with Gasteiger partial charge in [0.15, 0.2) is 5.76 Å². The van der Waals surface area contributed by atoms with Crippen LogP contribution in [0, 0.1) is 0 Å². The Morgan fingerprint density at radius 1 is 1.15 bits per heavy atom. The third-order valence-electron chi connectivity index (χ3n) is 3.31. The van der Waals surface area contributed by atoms with Gasteiger partial charge in [-0.3, -0.25) is 0 Å². The molecule has 0 aliphatic heterocycles. The molecule has 0 spiro atoms. The zero-order valence-electron chi connectivity index (χ0n) is 11.0. The van der Waals surface area contributed by atoms with Crippen LogP contribution in [0.1, 0.15) is 5.56 Å². The quantitative estimate of drug-likeness (QED) is 0.762. The van der Waals surface area contributed by atoms with Crippen molar-refractivity contribution in [3.05, 3.63) is 54.1 Å². The molecular formula is C16H16N2O2. The number of hydrogen-bond acceptors (Lipinski definition) is 4. The fourth-order valence-corrected chi connectivity index (χ4v) is 2.28. The van der Waals surface area contributed by atoms with E-state index >= 15 is 0 Å². The van der Waals surface area contributed by atoms with Crippen LogP contribution in [0.5, 0.6) is 0 Å². The summed E-state index contributed by atoms with van der Waals surface area (Å²) in [5.74, 6) is 0.764. The number of fused-ring (bicyclic) bond motifs is 1. The van der Waals surface area contributed by atoms with Crippen molar-refractivity contribution in [1.82, 2.24) is 5.16 Å². The third kappa shape index (κ3) is 2.43. The van der Waals surface area contributed by atoms with E-state index in [0.29, 0.717) is 6.42 Å². The predicted molar refractivity (Wildman–Crippen MR) is 78.2 cm³/mol. The Kier molecular flexibility index (Phi) is 3.50. The lowest BCUT2D eigenvalue weighted by molar-refractivity contribution is 0.265. The molecule has 0 radical (unpaired) electrons. The third-order valence-corrected chi connectivity index (χ3v) is 3.31. The molecule has 0 aliphatic carbocycles. The summed E-state index contributed by atoms with van der Waals surface area (Å²) in [7, 11) is 0. The number of benzene rings is 2. The van der Waals surface area contributed by atoms with Crippen LogP contribution in [-0.2, 0) is 6.42 Å². The lowest BCUT2D eigenvalue weighted by Crippen LogP contribution is -2.26. The molecule has 0 bridgehead atoms. The molecule has 1 aromatic heterocycles. The molecule has 4 heteroatoms. The minimum absolute atomic E-state index is 0.0206. The van der Waals surface area contributed by atoms with Crippen molar-refractivity contribution in [3.63, 3.8) is 0 Å². The smallest absolute Gasteiger partial charge is 0.174 e. The average Bonchev–Trinajstić information content (AvgIpc) is 2.91. The molecule has 3 aromatic rings. The SMILES string of the molecule is NC(CO)Cc1ccc2noc(-c3ccccc3)c2c1. The second kappa shape index (κ2) is 5.45. The summed E-state index contributed by atoms with van der Waals surface area (Å²) in [4.78, 5) is 0. The van der Waals surface area contributed by atoms with Gasteiger partial charge in [0.1, 0.15) is 5.52 Å². The molecule has 4 nitrogen and oxygen atoms in total. The average molecular weight is 268 g/mol. The molecule has 0 saturated carbocycles. The Morgan fingerprint density at radius 2 is 1.95 bits per heavy atom. The van der Waals surface area contributed by atoms with E-state index in [0.717, 1.165) is 27.8 Å². The minimum atomic E-state index is -0.243. The molecule has 0 aliphatic rings. The van der Waals surface area contributed by atoms with Gasteiger partial charge in [-0.15, -0.1) is 0 Å². The topological polar surface area (TPSA) is 72.3 Å². The lowest BCUT2D eigenvalue weighted by atomic mass is 10.0. The van der Waals surface area contributed by atoms with E-state index in [-0.39, 0.29) is 12.6 Å². The second-order valence-corrected chi connectivity index (χ2v) is 4.88. The zero-order valence-corrected chi connectivity index (χ0v) is 11.0. The Balaban J connectivity index is 2.04. The Labute approximate surface area is 116 Å². The molecule has 1 unspecified atom stereocenters. The molecule has 20 heavy (non-hydrogen) atoms. The zero-order chi connectivity index (χ0) is 13.9. The normalized spacial score (nSPS) is 12.7. The fourth-order valence-electron chi connectivity index (χ4n) is 2.28. The predicted octanol–water partition coefficient (Wildman–Crippen LogP) is 2.36. The molecule has 0 fully saturated rings. The summed E-state index contributed by atoms with van der Waals surface area (Å²) in [6, 6.07) is 15.6. The number of hydrogen-bond donors (Lipinski definition) is 2. The fraction of sp³-hybridized carbons (Fsp3) is 0.188. The van der Waals surface area contributed by atoms with Crippen molar-refractivity contribution in [1.29, 1.82) is 0 Å². The maximum atomic E-state index is 9.05. The van der Waals surface area contributed by atoms with Gasteiger partial charge in [0.25, 0.3) is 0 Å². The van der Waals surface area contributed by atoms with E-state index in [2.05, 4.69) is 5.16 Å². The Morgan fingerprint density at radius 3 is 2.70 bits per heavy atom. The number of aliphatic hydroxyl groups excluding tert-OH is 1. The molecule has 2 aromatic carbocycles. The summed E-state index contributed by atoms with van der Waals surface area (Å²) in [5, 5.41) is 14.1. The molecular weight excluding hydrogens is 252 g/mol. The van der Waals surface area contributed by atoms with Crippen LogP contribution in [0.2, 0.25) is 0 Å². The van der Waals surface area contributed by atoms with Crippen LogP contribution in [0.4, 0.5) is 0 Å². The van der Waals surface area contributed by atoms with Crippen molar-refractivity contribution in [2.45, 2.75) is 12.5 Å². The second-order valence-electron chi connectivity index (χ2n) is 4.88. The van der Waals surface area contributed by atoms with Crippen molar-refractivity contribution in [2.24, 2.45) is 5.73 Å². The molecule has 102 valence electrons. The van der Waals surface area contributed by atoms with Gasteiger partial charge in [0.05, 0.1) is 6.61 Å². The van der Waals surface area contributed by atoms with Crippen LogP contribution < -0.4 is 5.73 Å². The van der Waals surface area contributed by atoms with Crippen molar-refractivity contribution < 1.29 is 9.63 Å². The number of aromatic nitrogens is 1. The highest BCUT2D eigenvalue weighted by Gasteiger charge is 2.12. The first-order valence-electron chi connectivity index (χ1n) is 6.58. The van der Waals surface area contributed by atoms with Crippen molar-refractivity contribution in [3.8, 4) is 11.3 Å². The highest BCUT2D eigenvalue weighted by atomic mass is 16.5. The molecule has 3 N–H and O–H groups in total. The standard InChI is InChI=1S/C16H16N2O2/c17-13(10-19)8-11-6-7-15-14(9-11)16(20-18-15)12-4-2-1-3-5-12/h1-7,9,13,19H,8,10,17H2. The van der Waals surface area contributed by atoms with E-state index < -0.39 is 0 Å². The summed E-state index contributed by atoms with van der Waals surface area (Å²) in [6.45, 7) is -0.0206. The maximum Gasteiger partial charge on any atom is 0.174 e. The Bertz CT molecular complexity index is 707. The number of nitrogens with zero attached hydrogens (tertiary/aromatic N) is 1. The van der Waals surface area contributed by atoms with Gasteiger partial charge < -0.3 is 15.4 Å². The monoisotopic (exact) mass is 268 g/mol. The summed E-state index contributed by atoms with van der Waals surface area (Å²) in [5.41, 5.74) is 8.68. The van der Waals surface area contributed by atoms with Gasteiger partial charge in [0.2, 0.25) is 0 Å². The van der Waals surface area contributed by atoms with E-state index in [1.54, 1.807) is 0 Å². The first-order valence-corrected chi connectivity index (χ1v) is 6.58. The molecule has 3 rings (SSSR count). The van der Waals surface area contributed by atoms with E-state index in [1.165, 1.54) is 0 Å². The lowest BCUT2D eigenvalue weighted by Gasteiger charge is -2.07. The van der Waals surface area contributed by atoms with Gasteiger partial charge in [-0.05, 0) is 24.1 Å². The van der Waals surface area contributed by atoms with Crippen molar-refractivity contribution in [2.75, 3.05) is 6.61 Å². The number of aliphatic hydroxyl groups is 1. The van der Waals surface area contributed by atoms with Gasteiger partial charge >= 0.3 is 0 Å². The van der Waals surface area contributed by atoms with Gasteiger partial charge in [-0.1, -0.05) is 41.6 Å². The largest absolute Gasteiger partial charge is 0.395 e. The number of rotatable bonds is 4. The van der Waals surface area contributed by atoms with E-state index in [9.17, 15) is 0 Å². The van der Waals surface area contributed by atoms with Crippen molar-refractivity contribution >= 4 is 10.9 Å².